The van der Waals surface area contributed by atoms with Gasteiger partial charge in [-0.25, -0.2) is 0 Å². The normalized spacial score (nSPS) is 21.1. The summed E-state index contributed by atoms with van der Waals surface area (Å²) in [7, 11) is 0. The van der Waals surface area contributed by atoms with E-state index in [2.05, 4.69) is 11.4 Å². The average molecular weight is 391 g/mol. The van der Waals surface area contributed by atoms with Gasteiger partial charge in [-0.2, -0.15) is 11.8 Å². The number of carbonyl (C=O) groups excluding carboxylic acids is 1. The molecule has 24 heavy (non-hydrogen) atoms. The van der Waals surface area contributed by atoms with E-state index in [4.69, 9.17) is 10.5 Å². The number of hydrogen-bond acceptors (Lipinski definition) is 5. The Morgan fingerprint density at radius 1 is 1.46 bits per heavy atom. The van der Waals surface area contributed by atoms with Gasteiger partial charge in [-0.3, -0.25) is 4.79 Å². The van der Waals surface area contributed by atoms with Crippen LogP contribution in [0, 0.1) is 0 Å². The maximum Gasteiger partial charge on any atom is 0.240 e. The maximum atomic E-state index is 12.7. The number of fused-ring (bicyclic) bond motifs is 2. The van der Waals surface area contributed by atoms with Crippen LogP contribution in [-0.2, 0) is 21.6 Å². The lowest BCUT2D eigenvalue weighted by molar-refractivity contribution is -0.142. The second-order valence-corrected chi connectivity index (χ2v) is 9.42. The number of thioether (sulfide) groups is 1. The minimum absolute atomic E-state index is 0. The summed E-state index contributed by atoms with van der Waals surface area (Å²) in [6.07, 6.45) is 4.76. The topological polar surface area (TPSA) is 55.6 Å². The zero-order chi connectivity index (χ0) is 16.7. The molecule has 0 saturated carbocycles. The summed E-state index contributed by atoms with van der Waals surface area (Å²) in [6.45, 7) is 6.32. The van der Waals surface area contributed by atoms with Crippen LogP contribution in [0.1, 0.15) is 37.1 Å². The Bertz CT molecular complexity index is 583. The van der Waals surface area contributed by atoms with Crippen LogP contribution in [0.15, 0.2) is 11.4 Å². The Balaban J connectivity index is 0.00000208. The van der Waals surface area contributed by atoms with Gasteiger partial charge in [0.1, 0.15) is 0 Å². The number of piperidine rings is 1. The lowest BCUT2D eigenvalue weighted by Crippen LogP contribution is -2.56. The van der Waals surface area contributed by atoms with E-state index in [1.165, 1.54) is 10.4 Å². The van der Waals surface area contributed by atoms with Crippen LogP contribution in [0.3, 0.4) is 0 Å². The predicted molar refractivity (Wildman–Crippen MR) is 104 cm³/mol. The molecule has 3 heterocycles. The standard InChI is InChI=1S/C17H26N2O2S2.ClH/c1-16(2,22-3)14(18)15(20)19-8-6-17(7-9-19)12-5-11-23-13(12)4-10-21-17;/h5,11,14H,4,6-10,18H2,1-3H3;1H/t14-;/m1./s1. The molecular weight excluding hydrogens is 364 g/mol. The van der Waals surface area contributed by atoms with Gasteiger partial charge < -0.3 is 15.4 Å². The Morgan fingerprint density at radius 3 is 2.75 bits per heavy atom. The minimum atomic E-state index is -0.462. The van der Waals surface area contributed by atoms with Gasteiger partial charge in [0.05, 0.1) is 18.2 Å². The number of carbonyl (C=O) groups is 1. The maximum absolute atomic E-state index is 12.7. The fourth-order valence-electron chi connectivity index (χ4n) is 3.48. The van der Waals surface area contributed by atoms with Gasteiger partial charge in [-0.15, -0.1) is 23.7 Å². The average Bonchev–Trinajstić information content (AvgIpc) is 3.04. The highest BCUT2D eigenvalue weighted by Crippen LogP contribution is 2.43. The number of likely N-dealkylation sites (tertiary alicyclic amines) is 1. The zero-order valence-corrected chi connectivity index (χ0v) is 17.0. The van der Waals surface area contributed by atoms with Crippen LogP contribution in [0.5, 0.6) is 0 Å². The molecule has 1 aromatic rings. The molecule has 1 aromatic heterocycles. The van der Waals surface area contributed by atoms with Gasteiger partial charge >= 0.3 is 0 Å². The first-order valence-electron chi connectivity index (χ1n) is 8.20. The fourth-order valence-corrected chi connectivity index (χ4v) is 4.79. The molecule has 136 valence electrons. The Labute approximate surface area is 158 Å². The number of nitrogens with zero attached hydrogens (tertiary/aromatic N) is 1. The van der Waals surface area contributed by atoms with Crippen molar-refractivity contribution in [3.8, 4) is 0 Å². The molecule has 0 aliphatic carbocycles. The number of nitrogens with two attached hydrogens (primary N) is 1. The minimum Gasteiger partial charge on any atom is -0.370 e. The molecule has 0 radical (unpaired) electrons. The van der Waals surface area contributed by atoms with Gasteiger partial charge in [0, 0.05) is 29.1 Å². The molecule has 2 N–H and O–H groups in total. The quantitative estimate of drug-likeness (QED) is 0.861. The first kappa shape index (κ1) is 20.0. The molecule has 2 aliphatic rings. The lowest BCUT2D eigenvalue weighted by atomic mass is 9.82. The molecule has 1 amide bonds. The molecule has 0 unspecified atom stereocenters. The van der Waals surface area contributed by atoms with Crippen LogP contribution in [0.4, 0.5) is 0 Å². The highest BCUT2D eigenvalue weighted by atomic mass is 35.5. The summed E-state index contributed by atoms with van der Waals surface area (Å²) < 4.78 is 5.96. The molecule has 1 spiro atoms. The van der Waals surface area contributed by atoms with E-state index >= 15 is 0 Å². The number of rotatable bonds is 3. The molecule has 1 fully saturated rings. The smallest absolute Gasteiger partial charge is 0.240 e. The summed E-state index contributed by atoms with van der Waals surface area (Å²) in [6, 6.07) is 1.75. The number of amides is 1. The predicted octanol–water partition coefficient (Wildman–Crippen LogP) is 3.03. The van der Waals surface area contributed by atoms with E-state index in [-0.39, 0.29) is 28.7 Å². The van der Waals surface area contributed by atoms with Gasteiger partial charge in [-0.05, 0) is 50.0 Å². The van der Waals surface area contributed by atoms with Crippen molar-refractivity contribution < 1.29 is 9.53 Å². The number of halogens is 1. The zero-order valence-electron chi connectivity index (χ0n) is 14.5. The van der Waals surface area contributed by atoms with Crippen molar-refractivity contribution in [1.29, 1.82) is 0 Å². The Morgan fingerprint density at radius 2 is 2.12 bits per heavy atom. The largest absolute Gasteiger partial charge is 0.370 e. The summed E-state index contributed by atoms with van der Waals surface area (Å²) in [5, 5.41) is 2.16. The Hall–Kier alpha value is -0.270. The third-order valence-corrected chi connectivity index (χ3v) is 7.65. The van der Waals surface area contributed by atoms with Gasteiger partial charge in [0.25, 0.3) is 0 Å². The third-order valence-electron chi connectivity index (χ3n) is 5.37. The highest BCUT2D eigenvalue weighted by Gasteiger charge is 2.43. The second kappa shape index (κ2) is 7.54. The van der Waals surface area contributed by atoms with Crippen LogP contribution >= 0.6 is 35.5 Å². The van der Waals surface area contributed by atoms with E-state index in [9.17, 15) is 4.79 Å². The summed E-state index contributed by atoms with van der Waals surface area (Å²) in [4.78, 5) is 16.1. The summed E-state index contributed by atoms with van der Waals surface area (Å²) in [5.41, 5.74) is 7.40. The second-order valence-electron chi connectivity index (χ2n) is 6.96. The molecule has 1 saturated heterocycles. The Kier molecular flexibility index (Phi) is 6.30. The lowest BCUT2D eigenvalue weighted by Gasteiger charge is -2.45. The molecule has 0 aromatic carbocycles. The van der Waals surface area contributed by atoms with Crippen LogP contribution in [0.25, 0.3) is 0 Å². The molecular formula is C17H27ClN2O2S2. The summed E-state index contributed by atoms with van der Waals surface area (Å²) >= 11 is 3.47. The molecule has 1 atom stereocenters. The fraction of sp³-hybridized carbons (Fsp3) is 0.706. The molecule has 7 heteroatoms. The first-order valence-corrected chi connectivity index (χ1v) is 10.3. The number of hydrogen-bond donors (Lipinski definition) is 1. The van der Waals surface area contributed by atoms with Crippen molar-refractivity contribution in [2.45, 2.75) is 49.5 Å². The van der Waals surface area contributed by atoms with Crippen LogP contribution in [-0.4, -0.2) is 47.5 Å². The monoisotopic (exact) mass is 390 g/mol. The third kappa shape index (κ3) is 3.49. The SMILES string of the molecule is CSC(C)(C)[C@H](N)C(=O)N1CCC2(CC1)OCCc1sccc12.Cl. The molecule has 2 aliphatic heterocycles. The highest BCUT2D eigenvalue weighted by molar-refractivity contribution is 8.00. The summed E-state index contributed by atoms with van der Waals surface area (Å²) in [5.74, 6) is 0.0700. The molecule has 3 rings (SSSR count). The van der Waals surface area contributed by atoms with Crippen molar-refractivity contribution in [2.24, 2.45) is 5.73 Å². The number of thiophene rings is 1. The molecule has 0 bridgehead atoms. The van der Waals surface area contributed by atoms with E-state index in [0.717, 1.165) is 39.0 Å². The van der Waals surface area contributed by atoms with Crippen molar-refractivity contribution in [2.75, 3.05) is 26.0 Å². The van der Waals surface area contributed by atoms with Gasteiger partial charge in [0.15, 0.2) is 0 Å². The van der Waals surface area contributed by atoms with Crippen molar-refractivity contribution in [1.82, 2.24) is 4.90 Å². The first-order chi connectivity index (χ1) is 10.9. The van der Waals surface area contributed by atoms with Gasteiger partial charge in [-0.1, -0.05) is 0 Å². The van der Waals surface area contributed by atoms with E-state index < -0.39 is 6.04 Å². The van der Waals surface area contributed by atoms with Crippen molar-refractivity contribution in [3.05, 3.63) is 21.9 Å². The number of ether oxygens (including phenoxy) is 1. The van der Waals surface area contributed by atoms with E-state index in [1.54, 1.807) is 11.8 Å². The molecule has 4 nitrogen and oxygen atoms in total. The van der Waals surface area contributed by atoms with Crippen LogP contribution in [0.2, 0.25) is 0 Å². The van der Waals surface area contributed by atoms with Crippen molar-refractivity contribution in [3.63, 3.8) is 0 Å². The van der Waals surface area contributed by atoms with Gasteiger partial charge in [0.2, 0.25) is 5.91 Å². The van der Waals surface area contributed by atoms with E-state index in [0.29, 0.717) is 0 Å². The van der Waals surface area contributed by atoms with Crippen LogP contribution < -0.4 is 5.73 Å². The van der Waals surface area contributed by atoms with E-state index in [1.807, 2.05) is 36.3 Å². The van der Waals surface area contributed by atoms with Crippen molar-refractivity contribution >= 4 is 41.4 Å².